The highest BCUT2D eigenvalue weighted by atomic mass is 19.1. The standard InChI is InChI=1S/C12H12FN/c1-3-11-8-9-7-10(13)5-6-12(9)14(11)4-2/h3,5-8H,1,4H2,2H3. The summed E-state index contributed by atoms with van der Waals surface area (Å²) in [4.78, 5) is 0. The van der Waals surface area contributed by atoms with Crippen LogP contribution < -0.4 is 0 Å². The summed E-state index contributed by atoms with van der Waals surface area (Å²) in [5.74, 6) is -0.193. The number of fused-ring (bicyclic) bond motifs is 1. The van der Waals surface area contributed by atoms with Crippen LogP contribution in [0.1, 0.15) is 12.6 Å². The second-order valence-corrected chi connectivity index (χ2v) is 3.22. The quantitative estimate of drug-likeness (QED) is 0.682. The fraction of sp³-hybridized carbons (Fsp3) is 0.167. The highest BCUT2D eigenvalue weighted by molar-refractivity contribution is 5.83. The maximum atomic E-state index is 13.0. The fourth-order valence-corrected chi connectivity index (χ4v) is 1.79. The van der Waals surface area contributed by atoms with Gasteiger partial charge in [-0.15, -0.1) is 0 Å². The molecule has 0 radical (unpaired) electrons. The minimum absolute atomic E-state index is 0.193. The Morgan fingerprint density at radius 3 is 2.86 bits per heavy atom. The van der Waals surface area contributed by atoms with Crippen LogP contribution in [0.2, 0.25) is 0 Å². The number of rotatable bonds is 2. The van der Waals surface area contributed by atoms with Crippen molar-refractivity contribution in [1.82, 2.24) is 4.57 Å². The lowest BCUT2D eigenvalue weighted by atomic mass is 10.2. The molecule has 0 aliphatic rings. The molecule has 0 fully saturated rings. The van der Waals surface area contributed by atoms with Crippen LogP contribution in [0.3, 0.4) is 0 Å². The van der Waals surface area contributed by atoms with Gasteiger partial charge < -0.3 is 4.57 Å². The zero-order chi connectivity index (χ0) is 10.1. The van der Waals surface area contributed by atoms with Crippen molar-refractivity contribution in [3.05, 3.63) is 42.4 Å². The predicted octanol–water partition coefficient (Wildman–Crippen LogP) is 3.44. The van der Waals surface area contributed by atoms with Crippen molar-refractivity contribution >= 4 is 17.0 Å². The molecule has 0 amide bonds. The first-order chi connectivity index (χ1) is 6.76. The van der Waals surface area contributed by atoms with Crippen molar-refractivity contribution in [2.24, 2.45) is 0 Å². The number of hydrogen-bond donors (Lipinski definition) is 0. The predicted molar refractivity (Wildman–Crippen MR) is 57.7 cm³/mol. The lowest BCUT2D eigenvalue weighted by Crippen LogP contribution is -1.95. The zero-order valence-corrected chi connectivity index (χ0v) is 8.13. The van der Waals surface area contributed by atoms with Gasteiger partial charge >= 0.3 is 0 Å². The highest BCUT2D eigenvalue weighted by Gasteiger charge is 2.05. The van der Waals surface area contributed by atoms with Gasteiger partial charge in [0.15, 0.2) is 0 Å². The van der Waals surface area contributed by atoms with Gasteiger partial charge in [-0.2, -0.15) is 0 Å². The van der Waals surface area contributed by atoms with Gasteiger partial charge in [0, 0.05) is 23.1 Å². The minimum Gasteiger partial charge on any atom is -0.341 e. The van der Waals surface area contributed by atoms with Crippen molar-refractivity contribution in [3.63, 3.8) is 0 Å². The summed E-state index contributed by atoms with van der Waals surface area (Å²) in [7, 11) is 0. The van der Waals surface area contributed by atoms with Crippen LogP contribution >= 0.6 is 0 Å². The maximum absolute atomic E-state index is 13.0. The fourth-order valence-electron chi connectivity index (χ4n) is 1.79. The van der Waals surface area contributed by atoms with Gasteiger partial charge in [-0.25, -0.2) is 4.39 Å². The van der Waals surface area contributed by atoms with E-state index in [1.807, 2.05) is 6.07 Å². The normalized spacial score (nSPS) is 10.7. The van der Waals surface area contributed by atoms with E-state index in [2.05, 4.69) is 18.1 Å². The van der Waals surface area contributed by atoms with Crippen LogP contribution in [0.25, 0.3) is 17.0 Å². The Kier molecular flexibility index (Phi) is 2.12. The van der Waals surface area contributed by atoms with Crippen molar-refractivity contribution in [1.29, 1.82) is 0 Å². The van der Waals surface area contributed by atoms with E-state index in [0.29, 0.717) is 0 Å². The van der Waals surface area contributed by atoms with E-state index in [0.717, 1.165) is 23.1 Å². The molecular formula is C12H12FN. The van der Waals surface area contributed by atoms with Gasteiger partial charge in [-0.05, 0) is 37.3 Å². The average Bonchev–Trinajstić information content (AvgIpc) is 2.54. The second-order valence-electron chi connectivity index (χ2n) is 3.22. The molecule has 2 rings (SSSR count). The molecule has 0 aliphatic heterocycles. The smallest absolute Gasteiger partial charge is 0.123 e. The average molecular weight is 189 g/mol. The lowest BCUT2D eigenvalue weighted by molar-refractivity contribution is 0.629. The zero-order valence-electron chi connectivity index (χ0n) is 8.13. The van der Waals surface area contributed by atoms with Crippen molar-refractivity contribution in [2.75, 3.05) is 0 Å². The van der Waals surface area contributed by atoms with Gasteiger partial charge in [0.2, 0.25) is 0 Å². The van der Waals surface area contributed by atoms with E-state index in [4.69, 9.17) is 0 Å². The number of nitrogens with zero attached hydrogens (tertiary/aromatic N) is 1. The van der Waals surface area contributed by atoms with E-state index >= 15 is 0 Å². The first-order valence-corrected chi connectivity index (χ1v) is 4.67. The van der Waals surface area contributed by atoms with Crippen LogP contribution in [-0.4, -0.2) is 4.57 Å². The second kappa shape index (κ2) is 3.29. The Balaban J connectivity index is 2.79. The third-order valence-electron chi connectivity index (χ3n) is 2.42. The first-order valence-electron chi connectivity index (χ1n) is 4.67. The van der Waals surface area contributed by atoms with E-state index in [1.54, 1.807) is 18.2 Å². The highest BCUT2D eigenvalue weighted by Crippen LogP contribution is 2.21. The third kappa shape index (κ3) is 1.23. The molecular weight excluding hydrogens is 177 g/mol. The van der Waals surface area contributed by atoms with Crippen LogP contribution in [-0.2, 0) is 6.54 Å². The summed E-state index contributed by atoms with van der Waals surface area (Å²) in [6.07, 6.45) is 1.79. The molecule has 1 aromatic heterocycles. The first kappa shape index (κ1) is 9.00. The van der Waals surface area contributed by atoms with Gasteiger partial charge in [0.05, 0.1) is 0 Å². The Morgan fingerprint density at radius 1 is 1.43 bits per heavy atom. The molecule has 0 bridgehead atoms. The van der Waals surface area contributed by atoms with Gasteiger partial charge in [0.25, 0.3) is 0 Å². The molecule has 0 spiro atoms. The molecule has 0 saturated carbocycles. The Morgan fingerprint density at radius 2 is 2.21 bits per heavy atom. The number of benzene rings is 1. The van der Waals surface area contributed by atoms with Crippen molar-refractivity contribution < 1.29 is 4.39 Å². The number of aromatic nitrogens is 1. The molecule has 1 nitrogen and oxygen atoms in total. The van der Waals surface area contributed by atoms with Gasteiger partial charge in [-0.1, -0.05) is 6.58 Å². The maximum Gasteiger partial charge on any atom is 0.123 e. The molecule has 1 aromatic carbocycles. The van der Waals surface area contributed by atoms with Gasteiger partial charge in [0.1, 0.15) is 5.82 Å². The molecule has 14 heavy (non-hydrogen) atoms. The molecule has 72 valence electrons. The molecule has 2 aromatic rings. The van der Waals surface area contributed by atoms with E-state index < -0.39 is 0 Å². The summed E-state index contributed by atoms with van der Waals surface area (Å²) < 4.78 is 15.1. The summed E-state index contributed by atoms with van der Waals surface area (Å²) in [5, 5.41) is 0.932. The number of halogens is 1. The van der Waals surface area contributed by atoms with E-state index in [9.17, 15) is 4.39 Å². The lowest BCUT2D eigenvalue weighted by Gasteiger charge is -2.03. The minimum atomic E-state index is -0.193. The van der Waals surface area contributed by atoms with Crippen molar-refractivity contribution in [3.8, 4) is 0 Å². The monoisotopic (exact) mass is 189 g/mol. The Hall–Kier alpha value is -1.57. The van der Waals surface area contributed by atoms with Crippen LogP contribution in [0.15, 0.2) is 30.8 Å². The molecule has 2 heteroatoms. The van der Waals surface area contributed by atoms with Crippen molar-refractivity contribution in [2.45, 2.75) is 13.5 Å². The topological polar surface area (TPSA) is 4.93 Å². The summed E-state index contributed by atoms with van der Waals surface area (Å²) in [6, 6.07) is 6.80. The SMILES string of the molecule is C=Cc1cc2cc(F)ccc2n1CC. The Bertz CT molecular complexity index is 482. The summed E-state index contributed by atoms with van der Waals surface area (Å²) >= 11 is 0. The number of hydrogen-bond acceptors (Lipinski definition) is 0. The van der Waals surface area contributed by atoms with Crippen LogP contribution in [0, 0.1) is 5.82 Å². The molecule has 0 saturated heterocycles. The largest absolute Gasteiger partial charge is 0.341 e. The van der Waals surface area contributed by atoms with Crippen LogP contribution in [0.5, 0.6) is 0 Å². The summed E-state index contributed by atoms with van der Waals surface area (Å²) in [5.41, 5.74) is 2.09. The molecule has 0 atom stereocenters. The van der Waals surface area contributed by atoms with E-state index in [-0.39, 0.29) is 5.82 Å². The third-order valence-corrected chi connectivity index (χ3v) is 2.42. The van der Waals surface area contributed by atoms with Crippen LogP contribution in [0.4, 0.5) is 4.39 Å². The molecule has 0 aliphatic carbocycles. The number of aryl methyl sites for hydroxylation is 1. The van der Waals surface area contributed by atoms with E-state index in [1.165, 1.54) is 6.07 Å². The molecule has 1 heterocycles. The van der Waals surface area contributed by atoms with Gasteiger partial charge in [-0.3, -0.25) is 0 Å². The summed E-state index contributed by atoms with van der Waals surface area (Å²) in [6.45, 7) is 6.68. The molecule has 0 unspecified atom stereocenters. The molecule has 0 N–H and O–H groups in total. The Labute approximate surface area is 82.5 Å².